The van der Waals surface area contributed by atoms with Crippen molar-refractivity contribution in [3.63, 3.8) is 0 Å². The van der Waals surface area contributed by atoms with Crippen molar-refractivity contribution in [2.45, 2.75) is 48.9 Å². The summed E-state index contributed by atoms with van der Waals surface area (Å²) in [5.74, 6) is -2.01. The highest BCUT2D eigenvalue weighted by molar-refractivity contribution is 6.24. The van der Waals surface area contributed by atoms with Crippen LogP contribution in [-0.4, -0.2) is 54.4 Å². The minimum absolute atomic E-state index is 0.171. The Morgan fingerprint density at radius 2 is 2.00 bits per heavy atom. The molecule has 1 saturated carbocycles. The molecule has 162 valence electrons. The van der Waals surface area contributed by atoms with Crippen molar-refractivity contribution in [2.75, 3.05) is 31.6 Å². The number of pyridine rings is 1. The summed E-state index contributed by atoms with van der Waals surface area (Å²) in [5.41, 5.74) is 1.27. The molecule has 2 aliphatic rings. The maximum atomic E-state index is 13.4. The highest BCUT2D eigenvalue weighted by Gasteiger charge is 2.42. The number of rotatable bonds is 5. The number of nitrogens with zero attached hydrogens (tertiary/aromatic N) is 2. The van der Waals surface area contributed by atoms with Crippen LogP contribution in [0.15, 0.2) is 30.3 Å². The topological polar surface area (TPSA) is 57.3 Å². The summed E-state index contributed by atoms with van der Waals surface area (Å²) in [5, 5.41) is 6.91. The molecule has 1 amide bonds. The van der Waals surface area contributed by atoms with Gasteiger partial charge in [0, 0.05) is 49.5 Å². The number of hydrogen-bond acceptors (Lipinski definition) is 4. The number of carbonyl (C=O) groups excluding carboxylic acids is 1. The van der Waals surface area contributed by atoms with E-state index in [2.05, 4.69) is 15.5 Å². The van der Waals surface area contributed by atoms with Gasteiger partial charge >= 0.3 is 0 Å². The first kappa shape index (κ1) is 21.2. The summed E-state index contributed by atoms with van der Waals surface area (Å²) in [4.78, 5) is 19.0. The smallest absolute Gasteiger partial charge is 0.252 e. The Balaban J connectivity index is 1.47. The average molecular weight is 437 g/mol. The molecule has 1 saturated heterocycles. The molecule has 2 aromatic rings. The summed E-state index contributed by atoms with van der Waals surface area (Å²) in [6.45, 7) is 2.03. The van der Waals surface area contributed by atoms with Crippen LogP contribution in [-0.2, 0) is 0 Å². The third-order valence-corrected chi connectivity index (χ3v) is 6.84. The molecule has 5 nitrogen and oxygen atoms in total. The Hall–Kier alpha value is -1.99. The van der Waals surface area contributed by atoms with Crippen LogP contribution in [0.3, 0.4) is 0 Å². The lowest BCUT2D eigenvalue weighted by Crippen LogP contribution is -2.43. The lowest BCUT2D eigenvalue weighted by Gasteiger charge is -2.35. The molecular formula is C22H27ClF2N4O. The third kappa shape index (κ3) is 4.52. The predicted octanol–water partition coefficient (Wildman–Crippen LogP) is 3.95. The van der Waals surface area contributed by atoms with Gasteiger partial charge in [0.2, 0.25) is 5.92 Å². The fourth-order valence-corrected chi connectivity index (χ4v) is 4.55. The van der Waals surface area contributed by atoms with Crippen molar-refractivity contribution in [1.29, 1.82) is 0 Å². The Bertz CT molecular complexity index is 928. The monoisotopic (exact) mass is 436 g/mol. The van der Waals surface area contributed by atoms with Crippen LogP contribution in [0, 0.1) is 0 Å². The van der Waals surface area contributed by atoms with Crippen molar-refractivity contribution in [1.82, 2.24) is 15.6 Å². The van der Waals surface area contributed by atoms with Crippen LogP contribution in [0.1, 0.15) is 42.5 Å². The number of anilines is 1. The Morgan fingerprint density at radius 3 is 2.70 bits per heavy atom. The number of alkyl halides is 3. The predicted molar refractivity (Wildman–Crippen MR) is 116 cm³/mol. The maximum Gasteiger partial charge on any atom is 0.252 e. The number of nitrogens with one attached hydrogen (secondary N) is 2. The highest BCUT2D eigenvalue weighted by Crippen LogP contribution is 2.41. The van der Waals surface area contributed by atoms with Gasteiger partial charge in [0.15, 0.2) is 0 Å². The maximum absolute atomic E-state index is 13.4. The molecular weight excluding hydrogens is 410 g/mol. The van der Waals surface area contributed by atoms with Crippen molar-refractivity contribution >= 4 is 34.2 Å². The molecule has 2 fully saturated rings. The fourth-order valence-electron chi connectivity index (χ4n) is 4.30. The first-order chi connectivity index (χ1) is 14.3. The number of hydrogen-bond donors (Lipinski definition) is 2. The first-order valence-corrected chi connectivity index (χ1v) is 10.8. The highest BCUT2D eigenvalue weighted by atomic mass is 35.5. The normalized spacial score (nSPS) is 22.9. The van der Waals surface area contributed by atoms with Gasteiger partial charge in [0.1, 0.15) is 5.82 Å². The van der Waals surface area contributed by atoms with E-state index in [0.717, 1.165) is 36.2 Å². The molecule has 4 rings (SSSR count). The summed E-state index contributed by atoms with van der Waals surface area (Å²) in [6.07, 6.45) is 0.971. The lowest BCUT2D eigenvalue weighted by atomic mass is 9.86. The van der Waals surface area contributed by atoms with Crippen LogP contribution in [0.4, 0.5) is 14.6 Å². The van der Waals surface area contributed by atoms with E-state index in [9.17, 15) is 13.6 Å². The van der Waals surface area contributed by atoms with Gasteiger partial charge in [-0.05, 0) is 50.6 Å². The van der Waals surface area contributed by atoms with Gasteiger partial charge in [-0.15, -0.1) is 11.6 Å². The van der Waals surface area contributed by atoms with E-state index >= 15 is 0 Å². The van der Waals surface area contributed by atoms with Gasteiger partial charge in [-0.1, -0.05) is 6.07 Å². The molecule has 30 heavy (non-hydrogen) atoms. The second kappa shape index (κ2) is 8.27. The lowest BCUT2D eigenvalue weighted by molar-refractivity contribution is -0.0416. The molecule has 2 heterocycles. The van der Waals surface area contributed by atoms with Crippen molar-refractivity contribution in [2.24, 2.45) is 0 Å². The largest absolute Gasteiger partial charge is 0.355 e. The summed E-state index contributed by atoms with van der Waals surface area (Å²) >= 11 is 6.50. The van der Waals surface area contributed by atoms with Gasteiger partial charge in [0.25, 0.3) is 5.91 Å². The van der Waals surface area contributed by atoms with E-state index in [4.69, 9.17) is 16.6 Å². The SMILES string of the molecule is CN[C@@H]1CCN(c2ccc3c(C(=O)NCC4(Cl)CCC(F)(F)CC4)cccc3n2)C1. The third-order valence-electron chi connectivity index (χ3n) is 6.33. The molecule has 0 radical (unpaired) electrons. The molecule has 0 bridgehead atoms. The Labute approximate surface area is 180 Å². The summed E-state index contributed by atoms with van der Waals surface area (Å²) in [7, 11) is 1.97. The molecule has 1 aromatic heterocycles. The number of fused-ring (bicyclic) bond motifs is 1. The molecule has 0 unspecified atom stereocenters. The molecule has 2 N–H and O–H groups in total. The molecule has 8 heteroatoms. The number of halogens is 3. The van der Waals surface area contributed by atoms with Crippen LogP contribution in [0.5, 0.6) is 0 Å². The van der Waals surface area contributed by atoms with Gasteiger partial charge in [0.05, 0.1) is 10.4 Å². The van der Waals surface area contributed by atoms with Crippen molar-refractivity contribution < 1.29 is 13.6 Å². The average Bonchev–Trinajstić information content (AvgIpc) is 3.23. The van der Waals surface area contributed by atoms with Crippen LogP contribution >= 0.6 is 11.6 Å². The molecule has 1 aromatic carbocycles. The second-order valence-corrected chi connectivity index (χ2v) is 9.25. The molecule has 1 aliphatic carbocycles. The van der Waals surface area contributed by atoms with Gasteiger partial charge < -0.3 is 15.5 Å². The Morgan fingerprint density at radius 1 is 1.23 bits per heavy atom. The number of likely N-dealkylation sites (N-methyl/N-ethyl adjacent to an activating group) is 1. The van der Waals surface area contributed by atoms with Crippen LogP contribution in [0.2, 0.25) is 0 Å². The summed E-state index contributed by atoms with van der Waals surface area (Å²) in [6, 6.07) is 9.80. The van der Waals surface area contributed by atoms with Crippen LogP contribution < -0.4 is 15.5 Å². The van der Waals surface area contributed by atoms with Gasteiger partial charge in [-0.25, -0.2) is 13.8 Å². The standard InChI is InChI=1S/C22H27ClF2N4O/c1-26-15-7-12-29(13-15)19-6-5-16-17(3-2-4-18(16)28-19)20(30)27-14-21(23)8-10-22(24,25)11-9-21/h2-6,15,26H,7-14H2,1H3,(H,27,30)/t15-/m1/s1. The van der Waals surface area contributed by atoms with Crippen LogP contribution in [0.25, 0.3) is 10.9 Å². The van der Waals surface area contributed by atoms with Gasteiger partial charge in [-0.3, -0.25) is 4.79 Å². The van der Waals surface area contributed by atoms with Crippen molar-refractivity contribution in [3.05, 3.63) is 35.9 Å². The molecule has 1 atom stereocenters. The van der Waals surface area contributed by atoms with E-state index in [1.165, 1.54) is 0 Å². The number of carbonyl (C=O) groups is 1. The number of benzene rings is 1. The minimum atomic E-state index is -2.65. The van der Waals surface area contributed by atoms with E-state index in [-0.39, 0.29) is 38.1 Å². The van der Waals surface area contributed by atoms with Crippen molar-refractivity contribution in [3.8, 4) is 0 Å². The van der Waals surface area contributed by atoms with E-state index in [0.29, 0.717) is 11.6 Å². The van der Waals surface area contributed by atoms with E-state index in [1.54, 1.807) is 6.07 Å². The van der Waals surface area contributed by atoms with Gasteiger partial charge in [-0.2, -0.15) is 0 Å². The molecule has 1 aliphatic heterocycles. The quantitative estimate of drug-likeness (QED) is 0.697. The number of aromatic nitrogens is 1. The zero-order valence-electron chi connectivity index (χ0n) is 17.1. The van der Waals surface area contributed by atoms with E-state index < -0.39 is 10.8 Å². The zero-order chi connectivity index (χ0) is 21.4. The zero-order valence-corrected chi connectivity index (χ0v) is 17.8. The molecule has 0 spiro atoms. The summed E-state index contributed by atoms with van der Waals surface area (Å²) < 4.78 is 26.8. The first-order valence-electron chi connectivity index (χ1n) is 10.5. The van der Waals surface area contributed by atoms with E-state index in [1.807, 2.05) is 31.3 Å². The number of amides is 1. The fraction of sp³-hybridized carbons (Fsp3) is 0.545. The minimum Gasteiger partial charge on any atom is -0.355 e. The second-order valence-electron chi connectivity index (χ2n) is 8.45. The Kier molecular flexibility index (Phi) is 5.86.